The van der Waals surface area contributed by atoms with Crippen molar-refractivity contribution < 1.29 is 31.1 Å². The summed E-state index contributed by atoms with van der Waals surface area (Å²) in [6, 6.07) is -1.06. The molecule has 1 N–H and O–H groups in total. The zero-order valence-electron chi connectivity index (χ0n) is 10.4. The molecule has 112 valence electrons. The number of hydrogen-bond donors (Lipinski definition) is 1. The van der Waals surface area contributed by atoms with E-state index in [1.165, 1.54) is 0 Å². The molecule has 0 heterocycles. The number of hydrogen-bond acceptors (Lipinski definition) is 4. The van der Waals surface area contributed by atoms with E-state index in [0.717, 1.165) is 0 Å². The van der Waals surface area contributed by atoms with Crippen LogP contribution in [0.5, 0.6) is 0 Å². The summed E-state index contributed by atoms with van der Waals surface area (Å²) in [6.45, 7) is 1.68. The van der Waals surface area contributed by atoms with Crippen LogP contribution in [-0.2, 0) is 19.6 Å². The molecular weight excluding hydrogens is 287 g/mol. The quantitative estimate of drug-likeness (QED) is 0.800. The van der Waals surface area contributed by atoms with E-state index in [4.69, 9.17) is 4.74 Å². The molecule has 0 unspecified atom stereocenters. The maximum Gasteiger partial charge on any atom is 0.511 e. The second-order valence-electron chi connectivity index (χ2n) is 4.32. The number of nitrogens with one attached hydrogen (secondary N) is 1. The van der Waals surface area contributed by atoms with Crippen molar-refractivity contribution in [3.8, 4) is 0 Å². The summed E-state index contributed by atoms with van der Waals surface area (Å²) in [7, 11) is -5.44. The molecule has 1 saturated carbocycles. The van der Waals surface area contributed by atoms with Crippen LogP contribution < -0.4 is 4.72 Å². The highest BCUT2D eigenvalue weighted by atomic mass is 32.2. The second kappa shape index (κ2) is 6.08. The van der Waals surface area contributed by atoms with Crippen molar-refractivity contribution in [1.29, 1.82) is 0 Å². The van der Waals surface area contributed by atoms with E-state index in [1.807, 2.05) is 0 Å². The van der Waals surface area contributed by atoms with E-state index in [0.29, 0.717) is 19.3 Å². The number of carbonyl (C=O) groups excluding carboxylic acids is 1. The molecule has 1 rings (SSSR count). The van der Waals surface area contributed by atoms with Crippen LogP contribution in [0.3, 0.4) is 0 Å². The van der Waals surface area contributed by atoms with E-state index in [-0.39, 0.29) is 13.0 Å². The minimum Gasteiger partial charge on any atom is -0.466 e. The van der Waals surface area contributed by atoms with Gasteiger partial charge in [-0.25, -0.2) is 13.1 Å². The van der Waals surface area contributed by atoms with Crippen molar-refractivity contribution in [3.05, 3.63) is 0 Å². The molecule has 1 fully saturated rings. The van der Waals surface area contributed by atoms with Gasteiger partial charge in [0, 0.05) is 6.04 Å². The second-order valence-corrected chi connectivity index (χ2v) is 6.02. The third-order valence-electron chi connectivity index (χ3n) is 2.97. The smallest absolute Gasteiger partial charge is 0.466 e. The monoisotopic (exact) mass is 303 g/mol. The first-order valence-corrected chi connectivity index (χ1v) is 7.42. The SMILES string of the molecule is CCOC(=O)[C@H]1CCCC[C@@H]1NS(=O)(=O)C(F)(F)F. The fourth-order valence-electron chi connectivity index (χ4n) is 2.07. The molecule has 0 aliphatic heterocycles. The Morgan fingerprint density at radius 1 is 1.32 bits per heavy atom. The molecule has 2 atom stereocenters. The van der Waals surface area contributed by atoms with E-state index in [1.54, 1.807) is 11.6 Å². The number of carbonyl (C=O) groups is 1. The molecular formula is C10H16F3NO4S. The Bertz CT molecular complexity index is 421. The molecule has 1 aliphatic rings. The van der Waals surface area contributed by atoms with E-state index < -0.39 is 33.5 Å². The lowest BCUT2D eigenvalue weighted by Gasteiger charge is -2.30. The average Bonchev–Trinajstić information content (AvgIpc) is 2.28. The molecule has 0 aromatic rings. The van der Waals surface area contributed by atoms with E-state index in [2.05, 4.69) is 0 Å². The van der Waals surface area contributed by atoms with Crippen molar-refractivity contribution in [2.45, 2.75) is 44.2 Å². The Morgan fingerprint density at radius 3 is 2.42 bits per heavy atom. The largest absolute Gasteiger partial charge is 0.511 e. The zero-order valence-corrected chi connectivity index (χ0v) is 11.2. The van der Waals surface area contributed by atoms with Gasteiger partial charge in [-0.15, -0.1) is 0 Å². The van der Waals surface area contributed by atoms with Crippen LogP contribution in [0.2, 0.25) is 0 Å². The minimum absolute atomic E-state index is 0.105. The maximum atomic E-state index is 12.3. The first-order chi connectivity index (χ1) is 8.69. The van der Waals surface area contributed by atoms with Gasteiger partial charge in [-0.3, -0.25) is 4.79 Å². The van der Waals surface area contributed by atoms with Gasteiger partial charge in [-0.05, 0) is 19.8 Å². The van der Waals surface area contributed by atoms with Crippen LogP contribution in [-0.4, -0.2) is 32.5 Å². The lowest BCUT2D eigenvalue weighted by atomic mass is 9.85. The first kappa shape index (κ1) is 16.2. The van der Waals surface area contributed by atoms with Gasteiger partial charge in [0.2, 0.25) is 0 Å². The van der Waals surface area contributed by atoms with Crippen LogP contribution in [0.4, 0.5) is 13.2 Å². The molecule has 0 aromatic carbocycles. The lowest BCUT2D eigenvalue weighted by Crippen LogP contribution is -2.49. The Morgan fingerprint density at radius 2 is 1.89 bits per heavy atom. The summed E-state index contributed by atoms with van der Waals surface area (Å²) < 4.78 is 65.3. The fraction of sp³-hybridized carbons (Fsp3) is 0.900. The number of sulfonamides is 1. The van der Waals surface area contributed by atoms with Gasteiger partial charge in [0.1, 0.15) is 0 Å². The standard InChI is InChI=1S/C10H16F3NO4S/c1-2-18-9(15)7-5-3-4-6-8(7)14-19(16,17)10(11,12)13/h7-8,14H,2-6H2,1H3/t7-,8-/m0/s1. The van der Waals surface area contributed by atoms with Crippen LogP contribution in [0.1, 0.15) is 32.6 Å². The van der Waals surface area contributed by atoms with Gasteiger partial charge in [0.25, 0.3) is 0 Å². The molecule has 1 aliphatic carbocycles. The summed E-state index contributed by atoms with van der Waals surface area (Å²) in [4.78, 5) is 11.6. The summed E-state index contributed by atoms with van der Waals surface area (Å²) in [5.74, 6) is -1.51. The third-order valence-corrected chi connectivity index (χ3v) is 4.19. The summed E-state index contributed by atoms with van der Waals surface area (Å²) in [5, 5.41) is 0. The van der Waals surface area contributed by atoms with Crippen molar-refractivity contribution in [3.63, 3.8) is 0 Å². The maximum absolute atomic E-state index is 12.3. The molecule has 0 saturated heterocycles. The van der Waals surface area contributed by atoms with E-state index in [9.17, 15) is 26.4 Å². The molecule has 0 radical (unpaired) electrons. The van der Waals surface area contributed by atoms with E-state index >= 15 is 0 Å². The Balaban J connectivity index is 2.82. The van der Waals surface area contributed by atoms with Gasteiger partial charge in [0.05, 0.1) is 12.5 Å². The summed E-state index contributed by atoms with van der Waals surface area (Å²) >= 11 is 0. The van der Waals surface area contributed by atoms with Crippen LogP contribution in [0, 0.1) is 5.92 Å². The number of halogens is 3. The van der Waals surface area contributed by atoms with Crippen molar-refractivity contribution in [2.24, 2.45) is 5.92 Å². The topological polar surface area (TPSA) is 72.5 Å². The minimum atomic E-state index is -5.44. The molecule has 0 bridgehead atoms. The van der Waals surface area contributed by atoms with Gasteiger partial charge < -0.3 is 4.74 Å². The first-order valence-electron chi connectivity index (χ1n) is 5.94. The highest BCUT2D eigenvalue weighted by molar-refractivity contribution is 7.90. The predicted octanol–water partition coefficient (Wildman–Crippen LogP) is 1.55. The Kier molecular flexibility index (Phi) is 5.19. The Labute approximate surface area is 109 Å². The highest BCUT2D eigenvalue weighted by Gasteiger charge is 2.48. The third kappa shape index (κ3) is 4.07. The number of alkyl halides is 3. The number of ether oxygens (including phenoxy) is 1. The van der Waals surface area contributed by atoms with Crippen LogP contribution in [0.15, 0.2) is 0 Å². The predicted molar refractivity (Wildman–Crippen MR) is 60.5 cm³/mol. The Hall–Kier alpha value is -0.830. The zero-order chi connectivity index (χ0) is 14.7. The van der Waals surface area contributed by atoms with Crippen molar-refractivity contribution in [2.75, 3.05) is 6.61 Å². The number of rotatable bonds is 4. The van der Waals surface area contributed by atoms with Gasteiger partial charge in [0.15, 0.2) is 0 Å². The fourth-order valence-corrected chi connectivity index (χ4v) is 2.88. The summed E-state index contributed by atoms with van der Waals surface area (Å²) in [6.07, 6.45) is 1.75. The highest BCUT2D eigenvalue weighted by Crippen LogP contribution is 2.29. The number of esters is 1. The summed E-state index contributed by atoms with van der Waals surface area (Å²) in [5.41, 5.74) is -5.37. The van der Waals surface area contributed by atoms with Crippen LogP contribution >= 0.6 is 0 Å². The molecule has 0 amide bonds. The van der Waals surface area contributed by atoms with Crippen molar-refractivity contribution >= 4 is 16.0 Å². The van der Waals surface area contributed by atoms with Gasteiger partial charge in [-0.1, -0.05) is 12.8 Å². The normalized spacial score (nSPS) is 25.1. The van der Waals surface area contributed by atoms with Crippen LogP contribution in [0.25, 0.3) is 0 Å². The molecule has 5 nitrogen and oxygen atoms in total. The average molecular weight is 303 g/mol. The molecule has 19 heavy (non-hydrogen) atoms. The van der Waals surface area contributed by atoms with Gasteiger partial charge >= 0.3 is 21.5 Å². The lowest BCUT2D eigenvalue weighted by molar-refractivity contribution is -0.149. The molecule has 0 spiro atoms. The van der Waals surface area contributed by atoms with Crippen molar-refractivity contribution in [1.82, 2.24) is 4.72 Å². The molecule has 0 aromatic heterocycles. The molecule has 9 heteroatoms. The van der Waals surface area contributed by atoms with Gasteiger partial charge in [-0.2, -0.15) is 13.2 Å².